The summed E-state index contributed by atoms with van der Waals surface area (Å²) in [7, 11) is -4.02. The van der Waals surface area contributed by atoms with Crippen LogP contribution in [0, 0.1) is 22.7 Å². The van der Waals surface area contributed by atoms with Gasteiger partial charge < -0.3 is 15.2 Å². The molecule has 3 aromatic rings. The number of nitrogens with zero attached hydrogens (tertiary/aromatic N) is 6. The zero-order chi connectivity index (χ0) is 21.9. The fraction of sp³-hybridized carbons (Fsp3) is 0.300. The number of likely N-dealkylation sites (N-methyl/N-ethyl adjacent to an activating group) is 1. The van der Waals surface area contributed by atoms with Crippen molar-refractivity contribution in [3.63, 3.8) is 0 Å². The molecule has 3 rings (SSSR count). The summed E-state index contributed by atoms with van der Waals surface area (Å²) in [4.78, 5) is 10.4. The van der Waals surface area contributed by atoms with E-state index in [2.05, 4.69) is 14.9 Å². The number of nitriles is 2. The summed E-state index contributed by atoms with van der Waals surface area (Å²) >= 11 is 0. The number of fused-ring (bicyclic) bond motifs is 1. The maximum Gasteiger partial charge on any atom is 0.212 e. The molecule has 30 heavy (non-hydrogen) atoms. The van der Waals surface area contributed by atoms with Crippen LogP contribution in [-0.4, -0.2) is 47.5 Å². The summed E-state index contributed by atoms with van der Waals surface area (Å²) in [5.41, 5.74) is 6.06. The van der Waals surface area contributed by atoms with E-state index in [1.54, 1.807) is 28.8 Å². The molecule has 0 aliphatic carbocycles. The van der Waals surface area contributed by atoms with E-state index in [-0.39, 0.29) is 38.2 Å². The van der Waals surface area contributed by atoms with E-state index >= 15 is 0 Å². The molecule has 0 bridgehead atoms. The number of anilines is 1. The van der Waals surface area contributed by atoms with Crippen LogP contribution < -0.4 is 5.73 Å². The minimum Gasteiger partial charge on any atom is -0.384 e. The molecule has 154 valence electrons. The normalized spacial score (nSPS) is 11.5. The molecule has 9 nitrogen and oxygen atoms in total. The SMILES string of the molecule is CCN(CC)CCn1c(N)c(S(=O)(=O)c2ccccc2)c2nc(C#N)c(C#N)nc21. The largest absolute Gasteiger partial charge is 0.384 e. The third kappa shape index (κ3) is 3.59. The van der Waals surface area contributed by atoms with Gasteiger partial charge >= 0.3 is 0 Å². The minimum atomic E-state index is -4.02. The molecule has 0 saturated carbocycles. The molecule has 0 aliphatic heterocycles. The van der Waals surface area contributed by atoms with Gasteiger partial charge in [0.15, 0.2) is 17.0 Å². The molecule has 0 spiro atoms. The van der Waals surface area contributed by atoms with Gasteiger partial charge in [-0.25, -0.2) is 18.4 Å². The fourth-order valence-corrected chi connectivity index (χ4v) is 4.80. The second-order valence-electron chi connectivity index (χ2n) is 6.53. The lowest BCUT2D eigenvalue weighted by molar-refractivity contribution is 0.292. The third-order valence-corrected chi connectivity index (χ3v) is 6.77. The molecule has 2 heterocycles. The van der Waals surface area contributed by atoms with Crippen molar-refractivity contribution in [2.75, 3.05) is 25.4 Å². The van der Waals surface area contributed by atoms with Gasteiger partial charge in [-0.2, -0.15) is 10.5 Å². The van der Waals surface area contributed by atoms with Crippen LogP contribution in [0.4, 0.5) is 5.82 Å². The van der Waals surface area contributed by atoms with Crippen LogP contribution in [0.25, 0.3) is 11.2 Å². The van der Waals surface area contributed by atoms with Gasteiger partial charge in [-0.1, -0.05) is 32.0 Å². The third-order valence-electron chi connectivity index (χ3n) is 4.94. The number of hydrogen-bond acceptors (Lipinski definition) is 8. The van der Waals surface area contributed by atoms with Crippen LogP contribution >= 0.6 is 0 Å². The van der Waals surface area contributed by atoms with Crippen molar-refractivity contribution in [3.8, 4) is 12.1 Å². The highest BCUT2D eigenvalue weighted by Crippen LogP contribution is 2.34. The van der Waals surface area contributed by atoms with E-state index in [4.69, 9.17) is 5.73 Å². The molecular weight excluding hydrogens is 402 g/mol. The van der Waals surface area contributed by atoms with Crippen molar-refractivity contribution in [2.24, 2.45) is 0 Å². The predicted molar refractivity (Wildman–Crippen MR) is 111 cm³/mol. The molecular formula is C20H21N7O2S. The zero-order valence-electron chi connectivity index (χ0n) is 16.7. The molecule has 0 fully saturated rings. The van der Waals surface area contributed by atoms with Crippen LogP contribution in [-0.2, 0) is 16.4 Å². The van der Waals surface area contributed by atoms with E-state index in [0.29, 0.717) is 13.1 Å². The zero-order valence-corrected chi connectivity index (χ0v) is 17.5. The highest BCUT2D eigenvalue weighted by molar-refractivity contribution is 7.92. The van der Waals surface area contributed by atoms with Crippen LogP contribution in [0.3, 0.4) is 0 Å². The number of nitrogen functional groups attached to an aromatic ring is 1. The first-order valence-corrected chi connectivity index (χ1v) is 10.9. The molecule has 0 saturated heterocycles. The number of hydrogen-bond donors (Lipinski definition) is 1. The van der Waals surface area contributed by atoms with Crippen molar-refractivity contribution >= 4 is 26.8 Å². The molecule has 0 unspecified atom stereocenters. The molecule has 0 atom stereocenters. The summed E-state index contributed by atoms with van der Waals surface area (Å²) < 4.78 is 28.3. The Hall–Kier alpha value is -3.47. The smallest absolute Gasteiger partial charge is 0.212 e. The van der Waals surface area contributed by atoms with Crippen LogP contribution in [0.2, 0.25) is 0 Å². The molecule has 0 amide bonds. The first kappa shape index (κ1) is 21.2. The average Bonchev–Trinajstić information content (AvgIpc) is 3.04. The van der Waals surface area contributed by atoms with Crippen LogP contribution in [0.15, 0.2) is 40.1 Å². The summed E-state index contributed by atoms with van der Waals surface area (Å²) in [6.45, 7) is 6.66. The number of nitrogens with two attached hydrogens (primary N) is 1. The molecule has 1 aromatic carbocycles. The average molecular weight is 424 g/mol. The second-order valence-corrected chi connectivity index (χ2v) is 8.41. The molecule has 2 aromatic heterocycles. The highest BCUT2D eigenvalue weighted by Gasteiger charge is 2.30. The Morgan fingerprint density at radius 1 is 1.07 bits per heavy atom. The topological polar surface area (TPSA) is 142 Å². The summed E-state index contributed by atoms with van der Waals surface area (Å²) in [6, 6.07) is 11.5. The van der Waals surface area contributed by atoms with Gasteiger partial charge in [0.25, 0.3) is 0 Å². The van der Waals surface area contributed by atoms with Gasteiger partial charge in [0, 0.05) is 13.1 Å². The Morgan fingerprint density at radius 2 is 1.67 bits per heavy atom. The van der Waals surface area contributed by atoms with E-state index < -0.39 is 9.84 Å². The number of benzene rings is 1. The van der Waals surface area contributed by atoms with Crippen molar-refractivity contribution in [1.82, 2.24) is 19.4 Å². The minimum absolute atomic E-state index is 0.00792. The highest BCUT2D eigenvalue weighted by atomic mass is 32.2. The van der Waals surface area contributed by atoms with Crippen LogP contribution in [0.1, 0.15) is 25.2 Å². The Morgan fingerprint density at radius 3 is 2.23 bits per heavy atom. The first-order valence-electron chi connectivity index (χ1n) is 9.41. The fourth-order valence-electron chi connectivity index (χ4n) is 3.27. The molecule has 2 N–H and O–H groups in total. The number of rotatable bonds is 7. The Balaban J connectivity index is 2.31. The summed E-state index contributed by atoms with van der Waals surface area (Å²) in [5.74, 6) is -0.0139. The lowest BCUT2D eigenvalue weighted by Crippen LogP contribution is -2.27. The summed E-state index contributed by atoms with van der Waals surface area (Å²) in [5, 5.41) is 18.7. The maximum atomic E-state index is 13.4. The Bertz CT molecular complexity index is 1260. The second kappa shape index (κ2) is 8.49. The van der Waals surface area contributed by atoms with Gasteiger partial charge in [-0.15, -0.1) is 0 Å². The van der Waals surface area contributed by atoms with Crippen molar-refractivity contribution in [2.45, 2.75) is 30.2 Å². The van der Waals surface area contributed by atoms with Gasteiger partial charge in [0.1, 0.15) is 28.4 Å². The van der Waals surface area contributed by atoms with Gasteiger partial charge in [-0.05, 0) is 25.2 Å². The summed E-state index contributed by atoms with van der Waals surface area (Å²) in [6.07, 6.45) is 0. The van der Waals surface area contributed by atoms with E-state index in [9.17, 15) is 18.9 Å². The standard InChI is InChI=1S/C20H21N7O2S/c1-3-26(4-2)10-11-27-19(23)18(30(28,29)14-8-6-5-7-9-14)17-20(27)25-16(13-22)15(12-21)24-17/h5-9H,3-4,10-11,23H2,1-2H3. The maximum absolute atomic E-state index is 13.4. The van der Waals surface area contributed by atoms with Crippen molar-refractivity contribution in [1.29, 1.82) is 10.5 Å². The van der Waals surface area contributed by atoms with Crippen LogP contribution in [0.5, 0.6) is 0 Å². The van der Waals surface area contributed by atoms with E-state index in [0.717, 1.165) is 13.1 Å². The van der Waals surface area contributed by atoms with Gasteiger partial charge in [0.05, 0.1) is 4.90 Å². The monoisotopic (exact) mass is 423 g/mol. The Labute approximate surface area is 174 Å². The van der Waals surface area contributed by atoms with E-state index in [1.165, 1.54) is 12.1 Å². The van der Waals surface area contributed by atoms with E-state index in [1.807, 2.05) is 19.9 Å². The predicted octanol–water partition coefficient (Wildman–Crippen LogP) is 1.93. The first-order chi connectivity index (χ1) is 14.4. The molecule has 0 aliphatic rings. The van der Waals surface area contributed by atoms with Crippen molar-refractivity contribution in [3.05, 3.63) is 41.7 Å². The number of sulfone groups is 1. The van der Waals surface area contributed by atoms with Gasteiger partial charge in [-0.3, -0.25) is 0 Å². The lowest BCUT2D eigenvalue weighted by atomic mass is 10.3. The molecule has 0 radical (unpaired) electrons. The van der Waals surface area contributed by atoms with Crippen molar-refractivity contribution < 1.29 is 8.42 Å². The van der Waals surface area contributed by atoms with Gasteiger partial charge in [0.2, 0.25) is 9.84 Å². The molecule has 10 heteroatoms. The Kier molecular flexibility index (Phi) is 6.01. The quantitative estimate of drug-likeness (QED) is 0.607. The number of aromatic nitrogens is 3. The lowest BCUT2D eigenvalue weighted by Gasteiger charge is -2.19.